The van der Waals surface area contributed by atoms with Crippen LogP contribution in [0.15, 0.2) is 47.3 Å². The summed E-state index contributed by atoms with van der Waals surface area (Å²) < 4.78 is 5.48. The number of aromatic nitrogens is 2. The van der Waals surface area contributed by atoms with Crippen molar-refractivity contribution in [2.75, 3.05) is 10.6 Å². The predicted octanol–water partition coefficient (Wildman–Crippen LogP) is 1.89. The molecule has 2 aromatic carbocycles. The van der Waals surface area contributed by atoms with Gasteiger partial charge >= 0.3 is 0 Å². The maximum absolute atomic E-state index is 12.6. The maximum Gasteiger partial charge on any atom is 0.276 e. The first-order valence-electron chi connectivity index (χ1n) is 7.93. The molecule has 3 aromatic rings. The molecular weight excluding hydrogens is 336 g/mol. The van der Waals surface area contributed by atoms with E-state index < -0.39 is 12.0 Å². The summed E-state index contributed by atoms with van der Waals surface area (Å²) >= 11 is 0. The van der Waals surface area contributed by atoms with Crippen LogP contribution in [0.5, 0.6) is 5.75 Å². The van der Waals surface area contributed by atoms with E-state index in [2.05, 4.69) is 20.8 Å². The van der Waals surface area contributed by atoms with Crippen LogP contribution in [-0.2, 0) is 4.79 Å². The molecule has 26 heavy (non-hydrogen) atoms. The molecule has 8 heteroatoms. The van der Waals surface area contributed by atoms with E-state index in [0.29, 0.717) is 27.9 Å². The molecule has 3 N–H and O–H groups in total. The van der Waals surface area contributed by atoms with E-state index in [-0.39, 0.29) is 17.2 Å². The van der Waals surface area contributed by atoms with E-state index in [1.54, 1.807) is 49.4 Å². The molecule has 1 aliphatic rings. The Morgan fingerprint density at radius 3 is 2.73 bits per heavy atom. The fourth-order valence-electron chi connectivity index (χ4n) is 2.76. The summed E-state index contributed by atoms with van der Waals surface area (Å²) in [5.41, 5.74) is 0.682. The molecule has 2 heterocycles. The Balaban J connectivity index is 1.66. The number of hydrogen-bond acceptors (Lipinski definition) is 5. The number of carbonyl (C=O) groups is 2. The predicted molar refractivity (Wildman–Crippen MR) is 95.5 cm³/mol. The highest BCUT2D eigenvalue weighted by atomic mass is 16.5. The first kappa shape index (κ1) is 15.8. The van der Waals surface area contributed by atoms with Crippen LogP contribution in [0.3, 0.4) is 0 Å². The molecule has 0 spiro atoms. The summed E-state index contributed by atoms with van der Waals surface area (Å²) in [4.78, 5) is 36.2. The number of carbonyl (C=O) groups excluding carboxylic acids is 2. The molecule has 4 rings (SSSR count). The van der Waals surface area contributed by atoms with Gasteiger partial charge in [0.2, 0.25) is 0 Å². The van der Waals surface area contributed by atoms with Crippen LogP contribution in [0, 0.1) is 0 Å². The van der Waals surface area contributed by atoms with Crippen LogP contribution in [-0.4, -0.2) is 28.1 Å². The Morgan fingerprint density at radius 1 is 1.15 bits per heavy atom. The standard InChI is InChI=1S/C18H14N4O4/c1-9-16(23)20-13-8-10(6-7-14(13)26-9)19-18(25)15-11-4-2-3-5-12(11)17(24)22-21-15/h2-9H,1H3,(H,19,25)(H,20,23)(H,22,24)/t9-/m1/s1. The van der Waals surface area contributed by atoms with Gasteiger partial charge in [-0.3, -0.25) is 14.4 Å². The van der Waals surface area contributed by atoms with Gasteiger partial charge in [0.25, 0.3) is 17.4 Å². The van der Waals surface area contributed by atoms with E-state index in [0.717, 1.165) is 0 Å². The van der Waals surface area contributed by atoms with Gasteiger partial charge in [-0.25, -0.2) is 5.10 Å². The number of amides is 2. The van der Waals surface area contributed by atoms with Crippen molar-refractivity contribution in [3.05, 3.63) is 58.5 Å². The Morgan fingerprint density at radius 2 is 1.92 bits per heavy atom. The Kier molecular flexibility index (Phi) is 3.65. The quantitative estimate of drug-likeness (QED) is 0.653. The van der Waals surface area contributed by atoms with Crippen molar-refractivity contribution < 1.29 is 14.3 Å². The average molecular weight is 350 g/mol. The summed E-state index contributed by atoms with van der Waals surface area (Å²) in [7, 11) is 0. The van der Waals surface area contributed by atoms with E-state index in [1.165, 1.54) is 0 Å². The number of H-pyrrole nitrogens is 1. The molecule has 1 aromatic heterocycles. The lowest BCUT2D eigenvalue weighted by atomic mass is 10.1. The molecule has 0 fully saturated rings. The highest BCUT2D eigenvalue weighted by Crippen LogP contribution is 2.32. The largest absolute Gasteiger partial charge is 0.479 e. The van der Waals surface area contributed by atoms with Gasteiger partial charge in [-0.15, -0.1) is 0 Å². The Labute approximate surface area is 147 Å². The van der Waals surface area contributed by atoms with E-state index in [9.17, 15) is 14.4 Å². The van der Waals surface area contributed by atoms with Gasteiger partial charge in [0.05, 0.1) is 11.1 Å². The fraction of sp³-hybridized carbons (Fsp3) is 0.111. The van der Waals surface area contributed by atoms with Gasteiger partial charge in [-0.1, -0.05) is 18.2 Å². The van der Waals surface area contributed by atoms with E-state index >= 15 is 0 Å². The fourth-order valence-corrected chi connectivity index (χ4v) is 2.76. The number of nitrogens with one attached hydrogen (secondary N) is 3. The molecule has 0 unspecified atom stereocenters. The van der Waals surface area contributed by atoms with Crippen molar-refractivity contribution in [2.45, 2.75) is 13.0 Å². The van der Waals surface area contributed by atoms with Crippen molar-refractivity contribution in [3.8, 4) is 5.75 Å². The second-order valence-electron chi connectivity index (χ2n) is 5.86. The number of aromatic amines is 1. The molecule has 0 radical (unpaired) electrons. The SMILES string of the molecule is C[C@H]1Oc2ccc(NC(=O)c3n[nH]c(=O)c4ccccc34)cc2NC1=O. The van der Waals surface area contributed by atoms with Crippen molar-refractivity contribution >= 4 is 34.0 Å². The smallest absolute Gasteiger partial charge is 0.276 e. The number of anilines is 2. The summed E-state index contributed by atoms with van der Waals surface area (Å²) in [6.07, 6.45) is -0.570. The zero-order chi connectivity index (χ0) is 18.3. The molecule has 0 saturated carbocycles. The summed E-state index contributed by atoms with van der Waals surface area (Å²) in [5, 5.41) is 12.5. The Bertz CT molecular complexity index is 1110. The minimum absolute atomic E-state index is 0.104. The molecular formula is C18H14N4O4. The second kappa shape index (κ2) is 5.99. The maximum atomic E-state index is 12.6. The van der Waals surface area contributed by atoms with Gasteiger partial charge in [0.15, 0.2) is 11.8 Å². The molecule has 130 valence electrons. The molecule has 0 saturated heterocycles. The summed E-state index contributed by atoms with van der Waals surface area (Å²) in [6, 6.07) is 11.7. The van der Waals surface area contributed by atoms with Gasteiger partial charge in [-0.2, -0.15) is 5.10 Å². The van der Waals surface area contributed by atoms with Crippen LogP contribution in [0.25, 0.3) is 10.8 Å². The van der Waals surface area contributed by atoms with Gasteiger partial charge in [0.1, 0.15) is 5.75 Å². The molecule has 0 aliphatic carbocycles. The van der Waals surface area contributed by atoms with Gasteiger partial charge < -0.3 is 15.4 Å². The molecule has 8 nitrogen and oxygen atoms in total. The minimum atomic E-state index is -0.570. The monoisotopic (exact) mass is 350 g/mol. The normalized spacial score (nSPS) is 15.7. The topological polar surface area (TPSA) is 113 Å². The van der Waals surface area contributed by atoms with E-state index in [4.69, 9.17) is 4.74 Å². The summed E-state index contributed by atoms with van der Waals surface area (Å²) in [6.45, 7) is 1.65. The van der Waals surface area contributed by atoms with Crippen molar-refractivity contribution in [1.29, 1.82) is 0 Å². The third-order valence-corrected chi connectivity index (χ3v) is 4.08. The molecule has 1 aliphatic heterocycles. The number of ether oxygens (including phenoxy) is 1. The Hall–Kier alpha value is -3.68. The zero-order valence-electron chi connectivity index (χ0n) is 13.7. The van der Waals surface area contributed by atoms with Crippen LogP contribution in [0.1, 0.15) is 17.4 Å². The third-order valence-electron chi connectivity index (χ3n) is 4.08. The first-order valence-corrected chi connectivity index (χ1v) is 7.93. The second-order valence-corrected chi connectivity index (χ2v) is 5.86. The first-order chi connectivity index (χ1) is 12.5. The molecule has 2 amide bonds. The van der Waals surface area contributed by atoms with Gasteiger partial charge in [-0.05, 0) is 31.2 Å². The number of fused-ring (bicyclic) bond motifs is 2. The van der Waals surface area contributed by atoms with Crippen LogP contribution >= 0.6 is 0 Å². The number of nitrogens with zero attached hydrogens (tertiary/aromatic N) is 1. The average Bonchev–Trinajstić information content (AvgIpc) is 2.63. The van der Waals surface area contributed by atoms with Crippen LogP contribution in [0.2, 0.25) is 0 Å². The molecule has 0 bridgehead atoms. The zero-order valence-corrected chi connectivity index (χ0v) is 13.7. The minimum Gasteiger partial charge on any atom is -0.479 e. The summed E-state index contributed by atoms with van der Waals surface area (Å²) in [5.74, 6) is -0.203. The number of hydrogen-bond donors (Lipinski definition) is 3. The number of benzene rings is 2. The van der Waals surface area contributed by atoms with E-state index in [1.807, 2.05) is 0 Å². The number of rotatable bonds is 2. The van der Waals surface area contributed by atoms with Crippen LogP contribution in [0.4, 0.5) is 11.4 Å². The lowest BCUT2D eigenvalue weighted by Crippen LogP contribution is -2.34. The van der Waals surface area contributed by atoms with Crippen LogP contribution < -0.4 is 20.9 Å². The lowest BCUT2D eigenvalue weighted by molar-refractivity contribution is -0.122. The highest BCUT2D eigenvalue weighted by molar-refractivity contribution is 6.11. The lowest BCUT2D eigenvalue weighted by Gasteiger charge is -2.23. The van der Waals surface area contributed by atoms with Crippen molar-refractivity contribution in [3.63, 3.8) is 0 Å². The van der Waals surface area contributed by atoms with Gasteiger partial charge in [0, 0.05) is 11.1 Å². The van der Waals surface area contributed by atoms with Crippen molar-refractivity contribution in [1.82, 2.24) is 10.2 Å². The third kappa shape index (κ3) is 2.67. The van der Waals surface area contributed by atoms with Crippen molar-refractivity contribution in [2.24, 2.45) is 0 Å². The highest BCUT2D eigenvalue weighted by Gasteiger charge is 2.24. The molecule has 1 atom stereocenters.